The van der Waals surface area contributed by atoms with Crippen molar-refractivity contribution in [1.29, 1.82) is 0 Å². The van der Waals surface area contributed by atoms with Crippen LogP contribution in [0.25, 0.3) is 0 Å². The van der Waals surface area contributed by atoms with Crippen molar-refractivity contribution in [3.8, 4) is 0 Å². The van der Waals surface area contributed by atoms with Gasteiger partial charge in [0.1, 0.15) is 0 Å². The Bertz CT molecular complexity index is 233. The molecule has 0 bridgehead atoms. The number of rotatable bonds is 3. The van der Waals surface area contributed by atoms with Gasteiger partial charge in [-0.15, -0.1) is 11.6 Å². The van der Waals surface area contributed by atoms with E-state index in [1.54, 1.807) is 0 Å². The summed E-state index contributed by atoms with van der Waals surface area (Å²) >= 11 is 11.8. The molecule has 0 aromatic heterocycles. The third kappa shape index (κ3) is 2.67. The summed E-state index contributed by atoms with van der Waals surface area (Å²) in [5.74, 6) is 0. The molecule has 1 unspecified atom stereocenters. The second-order valence-electron chi connectivity index (χ2n) is 2.60. The van der Waals surface area contributed by atoms with E-state index in [0.29, 0.717) is 6.54 Å². The van der Waals surface area contributed by atoms with Crippen LogP contribution in [0.1, 0.15) is 17.4 Å². The summed E-state index contributed by atoms with van der Waals surface area (Å²) < 4.78 is 0. The van der Waals surface area contributed by atoms with Gasteiger partial charge in [-0.25, -0.2) is 0 Å². The summed E-state index contributed by atoms with van der Waals surface area (Å²) in [6.07, 6.45) is 0.795. The van der Waals surface area contributed by atoms with Gasteiger partial charge in [0.05, 0.1) is 5.38 Å². The minimum atomic E-state index is 0.00673. The van der Waals surface area contributed by atoms with Gasteiger partial charge in [0, 0.05) is 5.02 Å². The van der Waals surface area contributed by atoms with E-state index in [-0.39, 0.29) is 5.38 Å². The zero-order chi connectivity index (χ0) is 8.97. The van der Waals surface area contributed by atoms with E-state index in [4.69, 9.17) is 28.9 Å². The van der Waals surface area contributed by atoms with Crippen LogP contribution in [0.5, 0.6) is 0 Å². The highest BCUT2D eigenvalue weighted by Gasteiger charge is 2.05. The van der Waals surface area contributed by atoms with E-state index in [9.17, 15) is 0 Å². The monoisotopic (exact) mass is 203 g/mol. The number of nitrogens with two attached hydrogens (primary N) is 1. The van der Waals surface area contributed by atoms with Crippen molar-refractivity contribution >= 4 is 23.2 Å². The summed E-state index contributed by atoms with van der Waals surface area (Å²) in [7, 11) is 0. The van der Waals surface area contributed by atoms with Gasteiger partial charge in [-0.3, -0.25) is 0 Å². The van der Waals surface area contributed by atoms with E-state index in [1.807, 2.05) is 24.3 Å². The normalized spacial score (nSPS) is 12.9. The maximum Gasteiger partial charge on any atom is 0.0597 e. The maximum absolute atomic E-state index is 6.04. The highest BCUT2D eigenvalue weighted by atomic mass is 35.5. The fraction of sp³-hybridized carbons (Fsp3) is 0.333. The Morgan fingerprint density at radius 1 is 1.25 bits per heavy atom. The van der Waals surface area contributed by atoms with Crippen LogP contribution in [-0.2, 0) is 0 Å². The zero-order valence-corrected chi connectivity index (χ0v) is 8.15. The number of halogens is 2. The average molecular weight is 204 g/mol. The lowest BCUT2D eigenvalue weighted by atomic mass is 10.1. The summed E-state index contributed by atoms with van der Waals surface area (Å²) in [5, 5.41) is 0.739. The third-order valence-electron chi connectivity index (χ3n) is 1.65. The summed E-state index contributed by atoms with van der Waals surface area (Å²) in [6.45, 7) is 0.608. The second-order valence-corrected chi connectivity index (χ2v) is 3.56. The lowest BCUT2D eigenvalue weighted by molar-refractivity contribution is 0.806. The van der Waals surface area contributed by atoms with Gasteiger partial charge >= 0.3 is 0 Å². The van der Waals surface area contributed by atoms with Crippen LogP contribution in [0.4, 0.5) is 0 Å². The standard InChI is InChI=1S/C9H11Cl2N/c10-8-3-1-7(2-4-8)9(11)5-6-12/h1-4,9H,5-6,12H2. The first kappa shape index (κ1) is 9.85. The molecule has 0 aliphatic rings. The highest BCUT2D eigenvalue weighted by molar-refractivity contribution is 6.30. The molecule has 0 aliphatic heterocycles. The fourth-order valence-corrected chi connectivity index (χ4v) is 1.38. The number of alkyl halides is 1. The first-order valence-electron chi connectivity index (χ1n) is 3.83. The fourth-order valence-electron chi connectivity index (χ4n) is 0.985. The molecule has 1 atom stereocenters. The lowest BCUT2D eigenvalue weighted by Gasteiger charge is -2.07. The Hall–Kier alpha value is -0.240. The summed E-state index contributed by atoms with van der Waals surface area (Å²) in [5.41, 5.74) is 6.46. The molecule has 1 aromatic carbocycles. The van der Waals surface area contributed by atoms with Gasteiger partial charge in [0.2, 0.25) is 0 Å². The summed E-state index contributed by atoms with van der Waals surface area (Å²) in [4.78, 5) is 0. The van der Waals surface area contributed by atoms with Crippen LogP contribution in [0.15, 0.2) is 24.3 Å². The molecule has 0 aliphatic carbocycles. The minimum Gasteiger partial charge on any atom is -0.330 e. The lowest BCUT2D eigenvalue weighted by Crippen LogP contribution is -2.02. The molecule has 0 fully saturated rings. The first-order valence-corrected chi connectivity index (χ1v) is 4.65. The van der Waals surface area contributed by atoms with Crippen molar-refractivity contribution in [2.75, 3.05) is 6.54 Å². The Balaban J connectivity index is 2.68. The van der Waals surface area contributed by atoms with E-state index in [2.05, 4.69) is 0 Å². The molecule has 1 aromatic rings. The van der Waals surface area contributed by atoms with Crippen LogP contribution >= 0.6 is 23.2 Å². The van der Waals surface area contributed by atoms with Crippen LogP contribution in [0.2, 0.25) is 5.02 Å². The van der Waals surface area contributed by atoms with Crippen molar-refractivity contribution in [3.63, 3.8) is 0 Å². The molecule has 0 amide bonds. The molecule has 0 radical (unpaired) electrons. The Kier molecular flexibility index (Phi) is 3.86. The molecule has 12 heavy (non-hydrogen) atoms. The van der Waals surface area contributed by atoms with E-state index in [1.165, 1.54) is 0 Å². The molecule has 66 valence electrons. The SMILES string of the molecule is NCCC(Cl)c1ccc(Cl)cc1. The quantitative estimate of drug-likeness (QED) is 0.752. The van der Waals surface area contributed by atoms with Crippen molar-refractivity contribution in [3.05, 3.63) is 34.9 Å². The molecule has 1 nitrogen and oxygen atoms in total. The topological polar surface area (TPSA) is 26.0 Å². The Morgan fingerprint density at radius 3 is 2.33 bits per heavy atom. The smallest absolute Gasteiger partial charge is 0.0597 e. The van der Waals surface area contributed by atoms with Gasteiger partial charge in [0.25, 0.3) is 0 Å². The maximum atomic E-state index is 6.04. The molecular formula is C9H11Cl2N. The van der Waals surface area contributed by atoms with Crippen molar-refractivity contribution in [1.82, 2.24) is 0 Å². The van der Waals surface area contributed by atoms with Gasteiger partial charge in [-0.05, 0) is 30.7 Å². The Labute approximate surface area is 82.5 Å². The molecule has 3 heteroatoms. The van der Waals surface area contributed by atoms with Gasteiger partial charge < -0.3 is 5.73 Å². The van der Waals surface area contributed by atoms with Crippen molar-refractivity contribution < 1.29 is 0 Å². The molecule has 2 N–H and O–H groups in total. The van der Waals surface area contributed by atoms with Crippen LogP contribution in [-0.4, -0.2) is 6.54 Å². The minimum absolute atomic E-state index is 0.00673. The predicted molar refractivity (Wildman–Crippen MR) is 53.7 cm³/mol. The van der Waals surface area contributed by atoms with Crippen molar-refractivity contribution in [2.24, 2.45) is 5.73 Å². The second kappa shape index (κ2) is 4.70. The molecule has 0 spiro atoms. The molecule has 0 saturated carbocycles. The number of hydrogen-bond acceptors (Lipinski definition) is 1. The van der Waals surface area contributed by atoms with E-state index >= 15 is 0 Å². The first-order chi connectivity index (χ1) is 5.74. The molecular weight excluding hydrogens is 193 g/mol. The predicted octanol–water partition coefficient (Wildman–Crippen LogP) is 2.97. The molecule has 1 rings (SSSR count). The number of hydrogen-bond donors (Lipinski definition) is 1. The van der Waals surface area contributed by atoms with E-state index < -0.39 is 0 Å². The molecule has 0 saturated heterocycles. The number of benzene rings is 1. The summed E-state index contributed by atoms with van der Waals surface area (Å²) in [6, 6.07) is 7.52. The zero-order valence-electron chi connectivity index (χ0n) is 6.63. The Morgan fingerprint density at radius 2 is 1.83 bits per heavy atom. The largest absolute Gasteiger partial charge is 0.330 e. The average Bonchev–Trinajstić information content (AvgIpc) is 2.06. The van der Waals surface area contributed by atoms with Crippen LogP contribution in [0, 0.1) is 0 Å². The third-order valence-corrected chi connectivity index (χ3v) is 2.37. The van der Waals surface area contributed by atoms with Gasteiger partial charge in [-0.1, -0.05) is 23.7 Å². The van der Waals surface area contributed by atoms with Crippen LogP contribution in [0.3, 0.4) is 0 Å². The van der Waals surface area contributed by atoms with Gasteiger partial charge in [0.15, 0.2) is 0 Å². The van der Waals surface area contributed by atoms with Gasteiger partial charge in [-0.2, -0.15) is 0 Å². The van der Waals surface area contributed by atoms with Crippen LogP contribution < -0.4 is 5.73 Å². The molecule has 0 heterocycles. The highest BCUT2D eigenvalue weighted by Crippen LogP contribution is 2.24. The van der Waals surface area contributed by atoms with E-state index in [0.717, 1.165) is 17.0 Å². The van der Waals surface area contributed by atoms with Crippen molar-refractivity contribution in [2.45, 2.75) is 11.8 Å².